The fraction of sp³-hybridized carbons (Fsp3) is 0.364. The van der Waals surface area contributed by atoms with E-state index < -0.39 is 17.8 Å². The van der Waals surface area contributed by atoms with Crippen molar-refractivity contribution in [2.45, 2.75) is 19.1 Å². The summed E-state index contributed by atoms with van der Waals surface area (Å²) in [7, 11) is 0. The summed E-state index contributed by atoms with van der Waals surface area (Å²) in [4.78, 5) is 12.7. The molecule has 0 aliphatic carbocycles. The maximum atomic E-state index is 12.5. The lowest BCUT2D eigenvalue weighted by Gasteiger charge is -2.37. The van der Waals surface area contributed by atoms with Gasteiger partial charge in [-0.3, -0.25) is 4.79 Å². The van der Waals surface area contributed by atoms with E-state index >= 15 is 0 Å². The first-order valence-corrected chi connectivity index (χ1v) is 5.05. The van der Waals surface area contributed by atoms with Crippen molar-refractivity contribution >= 4 is 11.6 Å². The molecule has 0 radical (unpaired) electrons. The average Bonchev–Trinajstić information content (AvgIpc) is 2.25. The highest BCUT2D eigenvalue weighted by Crippen LogP contribution is 2.34. The van der Waals surface area contributed by atoms with E-state index in [9.17, 15) is 18.0 Å². The van der Waals surface area contributed by atoms with E-state index in [-0.39, 0.29) is 18.1 Å². The quantitative estimate of drug-likeness (QED) is 0.764. The number of aryl methyl sites for hydroxylation is 1. The van der Waals surface area contributed by atoms with Crippen LogP contribution in [0.2, 0.25) is 0 Å². The Hall–Kier alpha value is -1.56. The minimum absolute atomic E-state index is 0.265. The lowest BCUT2D eigenvalue weighted by molar-refractivity contribution is -0.137. The summed E-state index contributed by atoms with van der Waals surface area (Å²) in [5.74, 6) is -0.340. The van der Waals surface area contributed by atoms with Crippen molar-refractivity contribution in [2.75, 3.05) is 11.4 Å². The molecule has 1 saturated heterocycles. The molecule has 1 amide bonds. The Balaban J connectivity index is 2.37. The Bertz CT molecular complexity index is 470. The van der Waals surface area contributed by atoms with Crippen LogP contribution >= 0.6 is 0 Å². The maximum Gasteiger partial charge on any atom is 0.416 e. The van der Waals surface area contributed by atoms with Gasteiger partial charge in [0.15, 0.2) is 0 Å². The van der Waals surface area contributed by atoms with Crippen molar-refractivity contribution < 1.29 is 18.0 Å². The number of nitrogens with two attached hydrogens (primary N) is 1. The number of benzene rings is 1. The molecule has 1 atom stereocenters. The topological polar surface area (TPSA) is 46.3 Å². The molecule has 92 valence electrons. The number of carbonyl (C=O) groups excluding carboxylic acids is 1. The molecular weight excluding hydrogens is 233 g/mol. The van der Waals surface area contributed by atoms with E-state index in [4.69, 9.17) is 5.73 Å². The van der Waals surface area contributed by atoms with E-state index in [1.54, 1.807) is 6.92 Å². The summed E-state index contributed by atoms with van der Waals surface area (Å²) >= 11 is 0. The van der Waals surface area contributed by atoms with E-state index in [0.717, 1.165) is 12.1 Å². The minimum atomic E-state index is -4.40. The van der Waals surface area contributed by atoms with E-state index in [2.05, 4.69) is 0 Å². The van der Waals surface area contributed by atoms with Gasteiger partial charge in [-0.15, -0.1) is 0 Å². The van der Waals surface area contributed by atoms with Crippen molar-refractivity contribution in [3.8, 4) is 0 Å². The summed E-state index contributed by atoms with van der Waals surface area (Å²) in [6, 6.07) is 2.75. The summed E-state index contributed by atoms with van der Waals surface area (Å²) in [5, 5.41) is 0. The largest absolute Gasteiger partial charge is 0.416 e. The van der Waals surface area contributed by atoms with Gasteiger partial charge in [0.1, 0.15) is 6.04 Å². The highest BCUT2D eigenvalue weighted by Gasteiger charge is 2.37. The number of alkyl halides is 3. The normalized spacial score (nSPS) is 20.4. The van der Waals surface area contributed by atoms with Crippen LogP contribution in [0.1, 0.15) is 11.1 Å². The van der Waals surface area contributed by atoms with Crippen LogP contribution in [0.3, 0.4) is 0 Å². The second-order valence-corrected chi connectivity index (χ2v) is 4.05. The number of β-lactam (4-membered cyclic amide) rings is 1. The lowest BCUT2D eigenvalue weighted by atomic mass is 10.0. The van der Waals surface area contributed by atoms with E-state index in [1.165, 1.54) is 11.0 Å². The molecule has 0 aromatic heterocycles. The van der Waals surface area contributed by atoms with Gasteiger partial charge in [0.25, 0.3) is 0 Å². The molecule has 1 aliphatic heterocycles. The molecule has 1 fully saturated rings. The van der Waals surface area contributed by atoms with Crippen LogP contribution in [0, 0.1) is 6.92 Å². The number of hydrogen-bond donors (Lipinski definition) is 1. The van der Waals surface area contributed by atoms with Crippen molar-refractivity contribution in [3.05, 3.63) is 29.3 Å². The summed E-state index contributed by atoms with van der Waals surface area (Å²) in [6.07, 6.45) is -4.40. The van der Waals surface area contributed by atoms with Gasteiger partial charge in [0, 0.05) is 5.69 Å². The third-order valence-corrected chi connectivity index (χ3v) is 2.79. The molecule has 1 heterocycles. The molecule has 1 aromatic carbocycles. The fourth-order valence-electron chi connectivity index (χ4n) is 1.75. The molecule has 0 spiro atoms. The monoisotopic (exact) mass is 244 g/mol. The third kappa shape index (κ3) is 2.00. The van der Waals surface area contributed by atoms with Gasteiger partial charge < -0.3 is 10.6 Å². The molecule has 0 saturated carbocycles. The molecule has 1 unspecified atom stereocenters. The van der Waals surface area contributed by atoms with Gasteiger partial charge in [0.2, 0.25) is 5.91 Å². The maximum absolute atomic E-state index is 12.5. The predicted molar refractivity (Wildman–Crippen MR) is 56.5 cm³/mol. The molecule has 6 heteroatoms. The van der Waals surface area contributed by atoms with E-state index in [0.29, 0.717) is 5.56 Å². The number of nitrogens with zero attached hydrogens (tertiary/aromatic N) is 1. The smallest absolute Gasteiger partial charge is 0.318 e. The standard InChI is InChI=1S/C11H11F3N2O/c1-6-2-3-7(11(12,13)14)4-9(6)16-5-8(15)10(16)17/h2-4,8H,5,15H2,1H3. The average molecular weight is 244 g/mol. The van der Waals surface area contributed by atoms with Gasteiger partial charge in [-0.25, -0.2) is 0 Å². The van der Waals surface area contributed by atoms with Crippen LogP contribution in [-0.4, -0.2) is 18.5 Å². The molecule has 3 nitrogen and oxygen atoms in total. The SMILES string of the molecule is Cc1ccc(C(F)(F)F)cc1N1CC(N)C1=O. The van der Waals surface area contributed by atoms with Crippen LogP contribution in [0.5, 0.6) is 0 Å². The van der Waals surface area contributed by atoms with Gasteiger partial charge in [-0.1, -0.05) is 6.07 Å². The van der Waals surface area contributed by atoms with Crippen LogP contribution in [0.15, 0.2) is 18.2 Å². The number of hydrogen-bond acceptors (Lipinski definition) is 2. The van der Waals surface area contributed by atoms with Crippen LogP contribution < -0.4 is 10.6 Å². The Labute approximate surface area is 96.0 Å². The molecular formula is C11H11F3N2O. The first-order valence-electron chi connectivity index (χ1n) is 5.05. The number of amides is 1. The first-order chi connectivity index (χ1) is 7.80. The summed E-state index contributed by atoms with van der Waals surface area (Å²) < 4.78 is 37.6. The van der Waals surface area contributed by atoms with Crippen LogP contribution in [0.25, 0.3) is 0 Å². The minimum Gasteiger partial charge on any atom is -0.318 e. The highest BCUT2D eigenvalue weighted by atomic mass is 19.4. The predicted octanol–water partition coefficient (Wildman–Crippen LogP) is 1.69. The van der Waals surface area contributed by atoms with E-state index in [1.807, 2.05) is 0 Å². The zero-order chi connectivity index (χ0) is 12.8. The Morgan fingerprint density at radius 1 is 1.41 bits per heavy atom. The Kier molecular flexibility index (Phi) is 2.61. The van der Waals surface area contributed by atoms with Crippen LogP contribution in [-0.2, 0) is 11.0 Å². The van der Waals surface area contributed by atoms with Crippen molar-refractivity contribution in [2.24, 2.45) is 5.73 Å². The number of halogens is 3. The molecule has 0 bridgehead atoms. The molecule has 1 aliphatic rings. The molecule has 1 aromatic rings. The second-order valence-electron chi connectivity index (χ2n) is 4.05. The third-order valence-electron chi connectivity index (χ3n) is 2.79. The van der Waals surface area contributed by atoms with Gasteiger partial charge in [-0.05, 0) is 24.6 Å². The Morgan fingerprint density at radius 3 is 2.53 bits per heavy atom. The number of anilines is 1. The number of carbonyl (C=O) groups is 1. The first kappa shape index (κ1) is 11.9. The summed E-state index contributed by atoms with van der Waals surface area (Å²) in [6.45, 7) is 1.92. The summed E-state index contributed by atoms with van der Waals surface area (Å²) in [5.41, 5.74) is 5.56. The number of rotatable bonds is 1. The zero-order valence-electron chi connectivity index (χ0n) is 9.08. The fourth-order valence-corrected chi connectivity index (χ4v) is 1.75. The lowest BCUT2D eigenvalue weighted by Crippen LogP contribution is -2.61. The second kappa shape index (κ2) is 3.73. The molecule has 2 N–H and O–H groups in total. The highest BCUT2D eigenvalue weighted by molar-refractivity contribution is 6.04. The van der Waals surface area contributed by atoms with Crippen LogP contribution in [0.4, 0.5) is 18.9 Å². The van der Waals surface area contributed by atoms with Gasteiger partial charge >= 0.3 is 6.18 Å². The van der Waals surface area contributed by atoms with Crippen molar-refractivity contribution in [1.82, 2.24) is 0 Å². The Morgan fingerprint density at radius 2 is 2.06 bits per heavy atom. The van der Waals surface area contributed by atoms with Crippen molar-refractivity contribution in [1.29, 1.82) is 0 Å². The zero-order valence-corrected chi connectivity index (χ0v) is 9.08. The van der Waals surface area contributed by atoms with Crippen molar-refractivity contribution in [3.63, 3.8) is 0 Å². The molecule has 17 heavy (non-hydrogen) atoms. The van der Waals surface area contributed by atoms with Gasteiger partial charge in [-0.2, -0.15) is 13.2 Å². The van der Waals surface area contributed by atoms with Gasteiger partial charge in [0.05, 0.1) is 12.1 Å². The molecule has 2 rings (SSSR count).